The van der Waals surface area contributed by atoms with Gasteiger partial charge in [-0.2, -0.15) is 5.26 Å². The van der Waals surface area contributed by atoms with Gasteiger partial charge >= 0.3 is 6.03 Å². The predicted molar refractivity (Wildman–Crippen MR) is 75.8 cm³/mol. The first-order valence-corrected chi connectivity index (χ1v) is 6.20. The van der Waals surface area contributed by atoms with E-state index in [0.29, 0.717) is 16.9 Å². The molecule has 0 spiro atoms. The predicted octanol–water partition coefficient (Wildman–Crippen LogP) is 2.73. The van der Waals surface area contributed by atoms with Gasteiger partial charge in [-0.3, -0.25) is 15.4 Å². The number of carbonyl (C=O) groups is 2. The van der Waals surface area contributed by atoms with Gasteiger partial charge in [-0.05, 0) is 26.0 Å². The molecule has 0 radical (unpaired) electrons. The number of aryl methyl sites for hydroxylation is 1. The molecule has 2 N–H and O–H groups in total. The van der Waals surface area contributed by atoms with Crippen molar-refractivity contribution in [2.75, 3.05) is 5.32 Å². The van der Waals surface area contributed by atoms with Crippen molar-refractivity contribution in [1.82, 2.24) is 5.32 Å². The molecule has 6 heteroatoms. The van der Waals surface area contributed by atoms with Gasteiger partial charge in [0.2, 0.25) is 5.88 Å². The van der Waals surface area contributed by atoms with Crippen LogP contribution in [0, 0.1) is 25.2 Å². The fraction of sp³-hybridized carbons (Fsp3) is 0.133. The van der Waals surface area contributed by atoms with Crippen LogP contribution in [0.4, 0.5) is 10.7 Å². The molecule has 1 aromatic carbocycles. The zero-order valence-electron chi connectivity index (χ0n) is 11.6. The maximum atomic E-state index is 11.8. The van der Waals surface area contributed by atoms with Crippen LogP contribution < -0.4 is 10.6 Å². The summed E-state index contributed by atoms with van der Waals surface area (Å²) in [7, 11) is 0. The van der Waals surface area contributed by atoms with E-state index in [4.69, 9.17) is 9.68 Å². The third kappa shape index (κ3) is 3.09. The molecule has 0 fully saturated rings. The van der Waals surface area contributed by atoms with Gasteiger partial charge in [-0.15, -0.1) is 0 Å². The van der Waals surface area contributed by atoms with Gasteiger partial charge in [-0.1, -0.05) is 18.2 Å². The number of hydrogen-bond donors (Lipinski definition) is 2. The fourth-order valence-corrected chi connectivity index (χ4v) is 1.75. The van der Waals surface area contributed by atoms with E-state index in [1.54, 1.807) is 44.2 Å². The number of nitriles is 1. The zero-order chi connectivity index (χ0) is 15.4. The summed E-state index contributed by atoms with van der Waals surface area (Å²) in [6.45, 7) is 3.41. The van der Waals surface area contributed by atoms with Gasteiger partial charge in [0.15, 0.2) is 0 Å². The summed E-state index contributed by atoms with van der Waals surface area (Å²) in [5.74, 6) is 0.0358. The molecule has 0 saturated carbocycles. The quantitative estimate of drug-likeness (QED) is 0.885. The topological polar surface area (TPSA) is 95.1 Å². The molecular weight excluding hydrogens is 270 g/mol. The van der Waals surface area contributed by atoms with Gasteiger partial charge in [-0.25, -0.2) is 4.79 Å². The van der Waals surface area contributed by atoms with Crippen molar-refractivity contribution < 1.29 is 14.0 Å². The van der Waals surface area contributed by atoms with Crippen molar-refractivity contribution in [3.05, 3.63) is 52.8 Å². The van der Waals surface area contributed by atoms with E-state index >= 15 is 0 Å². The summed E-state index contributed by atoms with van der Waals surface area (Å²) >= 11 is 0. The fourth-order valence-electron chi connectivity index (χ4n) is 1.75. The summed E-state index contributed by atoms with van der Waals surface area (Å²) in [6.07, 6.45) is 0. The van der Waals surface area contributed by atoms with E-state index in [9.17, 15) is 9.59 Å². The highest BCUT2D eigenvalue weighted by Gasteiger charge is 2.17. The van der Waals surface area contributed by atoms with Crippen LogP contribution in [0.3, 0.4) is 0 Å². The molecule has 2 aromatic rings. The van der Waals surface area contributed by atoms with E-state index in [-0.39, 0.29) is 11.4 Å². The van der Waals surface area contributed by atoms with Crippen LogP contribution in [0.25, 0.3) is 0 Å². The van der Waals surface area contributed by atoms with Crippen LogP contribution in [-0.2, 0) is 0 Å². The van der Waals surface area contributed by atoms with Crippen molar-refractivity contribution in [2.45, 2.75) is 13.8 Å². The van der Waals surface area contributed by atoms with E-state index in [2.05, 4.69) is 10.6 Å². The molecule has 3 amide bonds. The Hall–Kier alpha value is -3.07. The highest BCUT2D eigenvalue weighted by molar-refractivity contribution is 6.07. The van der Waals surface area contributed by atoms with Crippen LogP contribution in [0.1, 0.15) is 27.2 Å². The smallest absolute Gasteiger partial charge is 0.328 e. The lowest BCUT2D eigenvalue weighted by Crippen LogP contribution is -2.34. The van der Waals surface area contributed by atoms with Gasteiger partial charge in [0.25, 0.3) is 5.91 Å². The Labute approximate surface area is 121 Å². The van der Waals surface area contributed by atoms with Crippen LogP contribution in [-0.4, -0.2) is 11.9 Å². The standard InChI is InChI=1S/C15H13N3O3/c1-9-10(2)21-14(12(9)8-16)18-15(20)17-13(19)11-6-4-3-5-7-11/h3-7H,1-2H3,(H2,17,18,19,20). The highest BCUT2D eigenvalue weighted by Crippen LogP contribution is 2.25. The first-order chi connectivity index (χ1) is 10.0. The molecule has 0 aliphatic rings. The number of rotatable bonds is 2. The molecule has 0 unspecified atom stereocenters. The third-order valence-corrected chi connectivity index (χ3v) is 2.99. The summed E-state index contributed by atoms with van der Waals surface area (Å²) in [4.78, 5) is 23.6. The molecule has 1 heterocycles. The maximum absolute atomic E-state index is 11.8. The van der Waals surface area contributed by atoms with Gasteiger partial charge in [0.1, 0.15) is 17.4 Å². The normalized spacial score (nSPS) is 9.76. The number of hydrogen-bond acceptors (Lipinski definition) is 4. The van der Waals surface area contributed by atoms with Gasteiger partial charge in [0.05, 0.1) is 0 Å². The minimum atomic E-state index is -0.755. The molecule has 0 atom stereocenters. The first kappa shape index (κ1) is 14.3. The Kier molecular flexibility index (Phi) is 4.05. The van der Waals surface area contributed by atoms with Crippen molar-refractivity contribution in [1.29, 1.82) is 5.26 Å². The van der Waals surface area contributed by atoms with E-state index < -0.39 is 11.9 Å². The molecule has 0 aliphatic heterocycles. The van der Waals surface area contributed by atoms with Gasteiger partial charge < -0.3 is 4.42 Å². The van der Waals surface area contributed by atoms with Crippen LogP contribution >= 0.6 is 0 Å². The number of nitrogens with one attached hydrogen (secondary N) is 2. The number of carbonyl (C=O) groups excluding carboxylic acids is 2. The second kappa shape index (κ2) is 5.92. The molecule has 1 aromatic heterocycles. The average molecular weight is 283 g/mol. The maximum Gasteiger partial charge on any atom is 0.328 e. The summed E-state index contributed by atoms with van der Waals surface area (Å²) < 4.78 is 5.29. The molecule has 106 valence electrons. The largest absolute Gasteiger partial charge is 0.444 e. The SMILES string of the molecule is Cc1oc(NC(=O)NC(=O)c2ccccc2)c(C#N)c1C. The number of imide groups is 1. The number of amides is 3. The number of nitrogens with zero attached hydrogens (tertiary/aromatic N) is 1. The molecule has 21 heavy (non-hydrogen) atoms. The van der Waals surface area contributed by atoms with Crippen molar-refractivity contribution >= 4 is 17.8 Å². The average Bonchev–Trinajstić information content (AvgIpc) is 2.73. The Morgan fingerprint density at radius 1 is 1.19 bits per heavy atom. The number of benzene rings is 1. The Morgan fingerprint density at radius 2 is 1.86 bits per heavy atom. The highest BCUT2D eigenvalue weighted by atomic mass is 16.4. The third-order valence-electron chi connectivity index (χ3n) is 2.99. The Bertz CT molecular complexity index is 727. The lowest BCUT2D eigenvalue weighted by molar-refractivity contribution is 0.0967. The second-order valence-electron chi connectivity index (χ2n) is 4.37. The van der Waals surface area contributed by atoms with E-state index in [1.807, 2.05) is 6.07 Å². The minimum absolute atomic E-state index is 0.0332. The lowest BCUT2D eigenvalue weighted by Gasteiger charge is -2.04. The molecule has 0 bridgehead atoms. The number of furan rings is 1. The van der Waals surface area contributed by atoms with Crippen LogP contribution in [0.5, 0.6) is 0 Å². The van der Waals surface area contributed by atoms with Crippen molar-refractivity contribution in [2.24, 2.45) is 0 Å². The summed E-state index contributed by atoms with van der Waals surface area (Å²) in [6, 6.07) is 9.53. The summed E-state index contributed by atoms with van der Waals surface area (Å²) in [5, 5.41) is 13.6. The zero-order valence-corrected chi connectivity index (χ0v) is 11.6. The van der Waals surface area contributed by atoms with Crippen molar-refractivity contribution in [3.8, 4) is 6.07 Å². The molecule has 0 aliphatic carbocycles. The van der Waals surface area contributed by atoms with E-state index in [1.165, 1.54) is 0 Å². The summed E-state index contributed by atoms with van der Waals surface area (Å²) in [5.41, 5.74) is 1.26. The first-order valence-electron chi connectivity index (χ1n) is 6.20. The Morgan fingerprint density at radius 3 is 2.48 bits per heavy atom. The lowest BCUT2D eigenvalue weighted by atomic mass is 10.2. The second-order valence-corrected chi connectivity index (χ2v) is 4.37. The van der Waals surface area contributed by atoms with E-state index in [0.717, 1.165) is 0 Å². The molecule has 6 nitrogen and oxygen atoms in total. The minimum Gasteiger partial charge on any atom is -0.444 e. The van der Waals surface area contributed by atoms with Crippen LogP contribution in [0.2, 0.25) is 0 Å². The number of urea groups is 1. The monoisotopic (exact) mass is 283 g/mol. The molecule has 2 rings (SSSR count). The molecule has 0 saturated heterocycles. The van der Waals surface area contributed by atoms with Gasteiger partial charge in [0, 0.05) is 11.1 Å². The van der Waals surface area contributed by atoms with Crippen LogP contribution in [0.15, 0.2) is 34.7 Å². The molecular formula is C15H13N3O3. The Balaban J connectivity index is 2.08. The van der Waals surface area contributed by atoms with Crippen molar-refractivity contribution in [3.63, 3.8) is 0 Å². The number of anilines is 1.